The molecule has 1 heterocycles. The number of hydrogen-bond donors (Lipinski definition) is 1. The number of nitrogens with zero attached hydrogens (tertiary/aromatic N) is 2. The van der Waals surface area contributed by atoms with Gasteiger partial charge in [0.15, 0.2) is 0 Å². The van der Waals surface area contributed by atoms with Crippen molar-refractivity contribution in [1.29, 1.82) is 0 Å². The fourth-order valence-electron chi connectivity index (χ4n) is 2.59. The number of fused-ring (bicyclic) bond motifs is 1. The summed E-state index contributed by atoms with van der Waals surface area (Å²) in [5.41, 5.74) is 1.44. The van der Waals surface area contributed by atoms with Gasteiger partial charge in [-0.2, -0.15) is 8.42 Å². The minimum Gasteiger partial charge on any atom is -0.383 e. The van der Waals surface area contributed by atoms with Gasteiger partial charge in [0, 0.05) is 31.3 Å². The number of thiazole rings is 1. The summed E-state index contributed by atoms with van der Waals surface area (Å²) in [4.78, 5) is 11.7. The third-order valence-corrected chi connectivity index (χ3v) is 6.52. The monoisotopic (exact) mass is 439 g/mol. The van der Waals surface area contributed by atoms with Gasteiger partial charge >= 0.3 is 0 Å². The zero-order valence-electron chi connectivity index (χ0n) is 15.2. The molecular formula is C18H18ClN3O4S2. The Morgan fingerprint density at radius 2 is 1.96 bits per heavy atom. The average Bonchev–Trinajstić information content (AvgIpc) is 2.95. The Balaban J connectivity index is 2.15. The zero-order valence-corrected chi connectivity index (χ0v) is 17.6. The van der Waals surface area contributed by atoms with E-state index in [1.165, 1.54) is 42.5 Å². The van der Waals surface area contributed by atoms with Gasteiger partial charge < -0.3 is 14.6 Å². The minimum absolute atomic E-state index is 0.0617. The maximum atomic E-state index is 12.7. The SMILES string of the molecule is COCCn1/c(=N/S(=O)(=O)c2ccc(Cl)cc2)sc2cc(NC(C)=O)ccc21. The molecule has 0 unspecified atom stereocenters. The fourth-order valence-corrected chi connectivity index (χ4v) is 5.01. The molecular weight excluding hydrogens is 422 g/mol. The van der Waals surface area contributed by atoms with E-state index < -0.39 is 10.0 Å². The maximum Gasteiger partial charge on any atom is 0.285 e. The average molecular weight is 440 g/mol. The lowest BCUT2D eigenvalue weighted by molar-refractivity contribution is -0.114. The van der Waals surface area contributed by atoms with Gasteiger partial charge in [0.2, 0.25) is 10.7 Å². The van der Waals surface area contributed by atoms with Gasteiger partial charge in [-0.1, -0.05) is 22.9 Å². The van der Waals surface area contributed by atoms with E-state index in [9.17, 15) is 13.2 Å². The van der Waals surface area contributed by atoms with Crippen molar-refractivity contribution >= 4 is 54.8 Å². The lowest BCUT2D eigenvalue weighted by Crippen LogP contribution is -2.19. The van der Waals surface area contributed by atoms with E-state index in [-0.39, 0.29) is 10.8 Å². The highest BCUT2D eigenvalue weighted by atomic mass is 35.5. The lowest BCUT2D eigenvalue weighted by Gasteiger charge is -2.06. The van der Waals surface area contributed by atoms with Crippen LogP contribution in [0.1, 0.15) is 6.92 Å². The topological polar surface area (TPSA) is 89.8 Å². The van der Waals surface area contributed by atoms with Crippen LogP contribution in [0.4, 0.5) is 5.69 Å². The molecule has 0 aliphatic rings. The van der Waals surface area contributed by atoms with Crippen molar-refractivity contribution in [2.24, 2.45) is 4.40 Å². The molecule has 1 amide bonds. The quantitative estimate of drug-likeness (QED) is 0.638. The number of aromatic nitrogens is 1. The highest BCUT2D eigenvalue weighted by Gasteiger charge is 2.15. The van der Waals surface area contributed by atoms with Crippen molar-refractivity contribution in [2.75, 3.05) is 19.0 Å². The number of amides is 1. The predicted octanol–water partition coefficient (Wildman–Crippen LogP) is 3.25. The normalized spacial score (nSPS) is 12.5. The molecule has 0 saturated heterocycles. The van der Waals surface area contributed by atoms with Gasteiger partial charge in [0.05, 0.1) is 21.7 Å². The second-order valence-corrected chi connectivity index (χ2v) is 8.96. The molecule has 2 aromatic carbocycles. The summed E-state index contributed by atoms with van der Waals surface area (Å²) < 4.78 is 37.2. The second kappa shape index (κ2) is 8.44. The van der Waals surface area contributed by atoms with Crippen LogP contribution >= 0.6 is 22.9 Å². The molecule has 7 nitrogen and oxygen atoms in total. The van der Waals surface area contributed by atoms with Gasteiger partial charge in [0.25, 0.3) is 10.0 Å². The van der Waals surface area contributed by atoms with Crippen molar-refractivity contribution in [2.45, 2.75) is 18.4 Å². The van der Waals surface area contributed by atoms with Crippen LogP contribution in [0, 0.1) is 0 Å². The van der Waals surface area contributed by atoms with Crippen LogP contribution in [0.25, 0.3) is 10.2 Å². The molecule has 0 spiro atoms. The molecule has 0 atom stereocenters. The number of hydrogen-bond acceptors (Lipinski definition) is 5. The molecule has 0 saturated carbocycles. The van der Waals surface area contributed by atoms with Crippen LogP contribution < -0.4 is 10.1 Å². The van der Waals surface area contributed by atoms with Gasteiger partial charge in [-0.05, 0) is 42.5 Å². The van der Waals surface area contributed by atoms with Crippen molar-refractivity contribution in [3.05, 3.63) is 52.3 Å². The second-order valence-electron chi connectivity index (χ2n) is 5.91. The van der Waals surface area contributed by atoms with E-state index in [4.69, 9.17) is 16.3 Å². The molecule has 3 aromatic rings. The van der Waals surface area contributed by atoms with Crippen LogP contribution in [0.15, 0.2) is 51.8 Å². The van der Waals surface area contributed by atoms with Crippen LogP contribution in [0.3, 0.4) is 0 Å². The van der Waals surface area contributed by atoms with Crippen LogP contribution in [0.5, 0.6) is 0 Å². The molecule has 28 heavy (non-hydrogen) atoms. The Morgan fingerprint density at radius 1 is 1.25 bits per heavy atom. The summed E-state index contributed by atoms with van der Waals surface area (Å²) >= 11 is 7.06. The minimum atomic E-state index is -3.91. The first-order valence-corrected chi connectivity index (χ1v) is 10.9. The highest BCUT2D eigenvalue weighted by Crippen LogP contribution is 2.23. The van der Waals surface area contributed by atoms with E-state index in [1.807, 2.05) is 6.07 Å². The molecule has 1 aromatic heterocycles. The van der Waals surface area contributed by atoms with Crippen molar-refractivity contribution in [3.8, 4) is 0 Å². The van der Waals surface area contributed by atoms with E-state index in [0.717, 1.165) is 10.2 Å². The molecule has 0 aliphatic carbocycles. The summed E-state index contributed by atoms with van der Waals surface area (Å²) in [6, 6.07) is 11.2. The molecule has 0 bridgehead atoms. The highest BCUT2D eigenvalue weighted by molar-refractivity contribution is 7.90. The van der Waals surface area contributed by atoms with Gasteiger partial charge in [-0.3, -0.25) is 4.79 Å². The molecule has 148 valence electrons. The van der Waals surface area contributed by atoms with Gasteiger partial charge in [-0.25, -0.2) is 0 Å². The van der Waals surface area contributed by atoms with Crippen molar-refractivity contribution in [3.63, 3.8) is 0 Å². The number of carbonyl (C=O) groups excluding carboxylic acids is 1. The number of ether oxygens (including phenoxy) is 1. The number of anilines is 1. The summed E-state index contributed by atoms with van der Waals surface area (Å²) in [6.45, 7) is 2.26. The number of halogens is 1. The number of rotatable bonds is 6. The van der Waals surface area contributed by atoms with Gasteiger partial charge in [0.1, 0.15) is 0 Å². The van der Waals surface area contributed by atoms with E-state index >= 15 is 0 Å². The molecule has 1 N–H and O–H groups in total. The van der Waals surface area contributed by atoms with Crippen LogP contribution in [0.2, 0.25) is 5.02 Å². The zero-order chi connectivity index (χ0) is 20.3. The third kappa shape index (κ3) is 4.61. The summed E-state index contributed by atoms with van der Waals surface area (Å²) in [7, 11) is -2.33. The largest absolute Gasteiger partial charge is 0.383 e. The number of carbonyl (C=O) groups is 1. The van der Waals surface area contributed by atoms with Gasteiger partial charge in [-0.15, -0.1) is 4.40 Å². The van der Waals surface area contributed by atoms with Crippen molar-refractivity contribution < 1.29 is 17.9 Å². The summed E-state index contributed by atoms with van der Waals surface area (Å²) in [6.07, 6.45) is 0. The van der Waals surface area contributed by atoms with Crippen LogP contribution in [-0.2, 0) is 26.1 Å². The standard InChI is InChI=1S/C18H18ClN3O4S2/c1-12(23)20-14-5-8-16-17(11-14)27-18(22(16)9-10-26-2)21-28(24,25)15-6-3-13(19)4-7-15/h3-8,11H,9-10H2,1-2H3,(H,20,23)/b21-18-. The first-order valence-electron chi connectivity index (χ1n) is 8.26. The molecule has 0 aliphatic heterocycles. The number of benzene rings is 2. The Labute approximate surface area is 171 Å². The molecule has 3 rings (SSSR count). The summed E-state index contributed by atoms with van der Waals surface area (Å²) in [5, 5.41) is 3.17. The Bertz CT molecular complexity index is 1180. The Hall–Kier alpha value is -2.20. The number of methoxy groups -OCH3 is 1. The molecule has 0 radical (unpaired) electrons. The molecule has 0 fully saturated rings. The maximum absolute atomic E-state index is 12.7. The number of nitrogens with one attached hydrogen (secondary N) is 1. The van der Waals surface area contributed by atoms with E-state index in [0.29, 0.717) is 28.7 Å². The Kier molecular flexibility index (Phi) is 6.19. The first-order chi connectivity index (χ1) is 13.3. The van der Waals surface area contributed by atoms with E-state index in [2.05, 4.69) is 9.71 Å². The van der Waals surface area contributed by atoms with Crippen LogP contribution in [-0.4, -0.2) is 32.6 Å². The first kappa shape index (κ1) is 20.5. The van der Waals surface area contributed by atoms with E-state index in [1.54, 1.807) is 23.8 Å². The third-order valence-electron chi connectivity index (χ3n) is 3.83. The predicted molar refractivity (Wildman–Crippen MR) is 110 cm³/mol. The van der Waals surface area contributed by atoms with Crippen molar-refractivity contribution in [1.82, 2.24) is 4.57 Å². The summed E-state index contributed by atoms with van der Waals surface area (Å²) in [5.74, 6) is -0.182. The smallest absolute Gasteiger partial charge is 0.285 e. The Morgan fingerprint density at radius 3 is 2.61 bits per heavy atom. The molecule has 10 heteroatoms. The number of sulfonamides is 1. The lowest BCUT2D eigenvalue weighted by atomic mass is 10.3. The fraction of sp³-hybridized carbons (Fsp3) is 0.222.